The summed E-state index contributed by atoms with van der Waals surface area (Å²) in [5.74, 6) is -0.457. The average molecular weight is 380 g/mol. The van der Waals surface area contributed by atoms with Crippen molar-refractivity contribution in [3.05, 3.63) is 63.3 Å². The molecule has 0 saturated carbocycles. The lowest BCUT2D eigenvalue weighted by atomic mass is 10.2. The minimum Gasteiger partial charge on any atom is -0.301 e. The summed E-state index contributed by atoms with van der Waals surface area (Å²) in [7, 11) is 1.61. The van der Waals surface area contributed by atoms with Gasteiger partial charge in [-0.15, -0.1) is 11.3 Å². The summed E-state index contributed by atoms with van der Waals surface area (Å²) < 4.78 is 2.83. The van der Waals surface area contributed by atoms with Crippen LogP contribution in [0.15, 0.2) is 40.8 Å². The molecule has 0 unspecified atom stereocenters. The summed E-state index contributed by atoms with van der Waals surface area (Å²) in [6, 6.07) is 7.53. The molecule has 0 bridgehead atoms. The van der Waals surface area contributed by atoms with Crippen molar-refractivity contribution >= 4 is 33.4 Å². The number of aryl methyl sites for hydroxylation is 3. The van der Waals surface area contributed by atoms with Crippen molar-refractivity contribution in [3.63, 3.8) is 0 Å². The molecule has 1 amide bonds. The molecule has 0 fully saturated rings. The molecule has 0 aliphatic carbocycles. The van der Waals surface area contributed by atoms with Gasteiger partial charge < -0.3 is 4.57 Å². The van der Waals surface area contributed by atoms with E-state index >= 15 is 0 Å². The molecule has 4 aromatic rings. The van der Waals surface area contributed by atoms with Crippen molar-refractivity contribution in [2.45, 2.75) is 13.8 Å². The Balaban J connectivity index is 1.89. The fourth-order valence-electron chi connectivity index (χ4n) is 2.68. The molecule has 0 aliphatic rings. The highest BCUT2D eigenvalue weighted by molar-refractivity contribution is 7.13. The molecule has 3 aromatic heterocycles. The van der Waals surface area contributed by atoms with Crippen LogP contribution in [0.2, 0.25) is 0 Å². The SMILES string of the molecule is Cc1ccc(-n2nc(C(=O)Nc3nc(C)cs3)c3ncn(C)c(=O)c32)cc1. The Morgan fingerprint density at radius 3 is 2.59 bits per heavy atom. The number of hydrogen-bond donors (Lipinski definition) is 1. The standard InChI is InChI=1S/C18H16N6O2S/c1-10-4-6-12(7-5-10)24-15-13(19-9-23(3)17(15)26)14(22-24)16(25)21-18-20-11(2)8-27-18/h4-9H,1-3H3,(H,20,21,25). The Labute approximate surface area is 158 Å². The Bertz CT molecular complexity index is 1220. The van der Waals surface area contributed by atoms with Crippen molar-refractivity contribution in [1.82, 2.24) is 24.3 Å². The Kier molecular flexibility index (Phi) is 4.08. The van der Waals surface area contributed by atoms with Gasteiger partial charge in [0.1, 0.15) is 5.52 Å². The monoisotopic (exact) mass is 380 g/mol. The molecule has 136 valence electrons. The molecule has 0 spiro atoms. The van der Waals surface area contributed by atoms with E-state index in [1.54, 1.807) is 7.05 Å². The zero-order valence-electron chi connectivity index (χ0n) is 14.9. The average Bonchev–Trinajstić information content (AvgIpc) is 3.23. The molecule has 8 nitrogen and oxygen atoms in total. The van der Waals surface area contributed by atoms with E-state index in [9.17, 15) is 9.59 Å². The molecule has 0 saturated heterocycles. The first-order valence-electron chi connectivity index (χ1n) is 8.19. The summed E-state index contributed by atoms with van der Waals surface area (Å²) in [4.78, 5) is 34.0. The van der Waals surface area contributed by atoms with Gasteiger partial charge in [0.25, 0.3) is 11.5 Å². The highest BCUT2D eigenvalue weighted by atomic mass is 32.1. The zero-order valence-corrected chi connectivity index (χ0v) is 15.7. The van der Waals surface area contributed by atoms with Crippen LogP contribution in [0.5, 0.6) is 0 Å². The number of nitrogens with one attached hydrogen (secondary N) is 1. The van der Waals surface area contributed by atoms with Crippen LogP contribution in [0, 0.1) is 13.8 Å². The number of fused-ring (bicyclic) bond motifs is 1. The molecule has 0 atom stereocenters. The number of amides is 1. The molecule has 1 aromatic carbocycles. The number of carbonyl (C=O) groups excluding carboxylic acids is 1. The van der Waals surface area contributed by atoms with E-state index in [1.165, 1.54) is 26.9 Å². The number of rotatable bonds is 3. The van der Waals surface area contributed by atoms with Gasteiger partial charge in [0.05, 0.1) is 17.7 Å². The van der Waals surface area contributed by atoms with Gasteiger partial charge in [-0.3, -0.25) is 14.9 Å². The first-order valence-corrected chi connectivity index (χ1v) is 9.07. The lowest BCUT2D eigenvalue weighted by Gasteiger charge is -2.04. The van der Waals surface area contributed by atoms with Crippen LogP contribution in [-0.2, 0) is 7.05 Å². The number of nitrogens with zero attached hydrogens (tertiary/aromatic N) is 5. The summed E-state index contributed by atoms with van der Waals surface area (Å²) in [5.41, 5.74) is 2.89. The van der Waals surface area contributed by atoms with Crippen LogP contribution in [0.3, 0.4) is 0 Å². The van der Waals surface area contributed by atoms with E-state index < -0.39 is 5.91 Å². The second-order valence-corrected chi connectivity index (χ2v) is 7.06. The zero-order chi connectivity index (χ0) is 19.1. The first-order chi connectivity index (χ1) is 12.9. The lowest BCUT2D eigenvalue weighted by Crippen LogP contribution is -2.19. The van der Waals surface area contributed by atoms with Crippen LogP contribution < -0.4 is 10.9 Å². The molecule has 0 aliphatic heterocycles. The fraction of sp³-hybridized carbons (Fsp3) is 0.167. The van der Waals surface area contributed by atoms with Gasteiger partial charge in [-0.2, -0.15) is 5.10 Å². The predicted octanol–water partition coefficient (Wildman–Crippen LogP) is 2.44. The summed E-state index contributed by atoms with van der Waals surface area (Å²) in [6.45, 7) is 3.82. The highest BCUT2D eigenvalue weighted by Gasteiger charge is 2.23. The minimum atomic E-state index is -0.457. The third-order valence-corrected chi connectivity index (χ3v) is 4.95. The molecule has 0 radical (unpaired) electrons. The van der Waals surface area contributed by atoms with Crippen LogP contribution >= 0.6 is 11.3 Å². The van der Waals surface area contributed by atoms with Crippen molar-refractivity contribution in [2.75, 3.05) is 5.32 Å². The van der Waals surface area contributed by atoms with Gasteiger partial charge in [0.15, 0.2) is 16.3 Å². The molecule has 27 heavy (non-hydrogen) atoms. The summed E-state index contributed by atoms with van der Waals surface area (Å²) in [5, 5.41) is 9.43. The maximum absolute atomic E-state index is 12.8. The maximum Gasteiger partial charge on any atom is 0.280 e. The Morgan fingerprint density at radius 1 is 1.19 bits per heavy atom. The van der Waals surface area contributed by atoms with Gasteiger partial charge in [-0.1, -0.05) is 17.7 Å². The van der Waals surface area contributed by atoms with E-state index in [0.717, 1.165) is 11.3 Å². The van der Waals surface area contributed by atoms with E-state index in [1.807, 2.05) is 43.5 Å². The molecule has 1 N–H and O–H groups in total. The highest BCUT2D eigenvalue weighted by Crippen LogP contribution is 2.20. The molecule has 9 heteroatoms. The third kappa shape index (κ3) is 3.02. The second kappa shape index (κ2) is 6.44. The Hall–Kier alpha value is -3.33. The minimum absolute atomic E-state index is 0.0797. The molecule has 3 heterocycles. The number of aromatic nitrogens is 5. The smallest absolute Gasteiger partial charge is 0.280 e. The number of benzene rings is 1. The van der Waals surface area contributed by atoms with Crippen molar-refractivity contribution in [2.24, 2.45) is 7.05 Å². The number of carbonyl (C=O) groups is 1. The van der Waals surface area contributed by atoms with Gasteiger partial charge in [-0.25, -0.2) is 14.6 Å². The molecular formula is C18H16N6O2S. The van der Waals surface area contributed by atoms with E-state index in [2.05, 4.69) is 20.4 Å². The quantitative estimate of drug-likeness (QED) is 0.589. The normalized spacial score (nSPS) is 11.1. The number of anilines is 1. The van der Waals surface area contributed by atoms with E-state index in [4.69, 9.17) is 0 Å². The van der Waals surface area contributed by atoms with E-state index in [-0.39, 0.29) is 22.3 Å². The predicted molar refractivity (Wildman–Crippen MR) is 104 cm³/mol. The van der Waals surface area contributed by atoms with Crippen molar-refractivity contribution in [1.29, 1.82) is 0 Å². The van der Waals surface area contributed by atoms with Crippen molar-refractivity contribution < 1.29 is 4.79 Å². The topological polar surface area (TPSA) is 94.7 Å². The Morgan fingerprint density at radius 2 is 1.93 bits per heavy atom. The second-order valence-electron chi connectivity index (χ2n) is 6.20. The third-order valence-electron chi connectivity index (χ3n) is 4.08. The van der Waals surface area contributed by atoms with Crippen LogP contribution in [0.1, 0.15) is 21.7 Å². The van der Waals surface area contributed by atoms with Gasteiger partial charge >= 0.3 is 0 Å². The van der Waals surface area contributed by atoms with E-state index in [0.29, 0.717) is 10.8 Å². The van der Waals surface area contributed by atoms with Crippen LogP contribution in [0.4, 0.5) is 5.13 Å². The molecule has 4 rings (SSSR count). The summed E-state index contributed by atoms with van der Waals surface area (Å²) >= 11 is 1.32. The van der Waals surface area contributed by atoms with Gasteiger partial charge in [-0.05, 0) is 26.0 Å². The number of thiazole rings is 1. The fourth-order valence-corrected chi connectivity index (χ4v) is 3.36. The van der Waals surface area contributed by atoms with Gasteiger partial charge in [0, 0.05) is 12.4 Å². The lowest BCUT2D eigenvalue weighted by molar-refractivity contribution is 0.102. The van der Waals surface area contributed by atoms with Crippen LogP contribution in [0.25, 0.3) is 16.7 Å². The molecular weight excluding hydrogens is 364 g/mol. The number of hydrogen-bond acceptors (Lipinski definition) is 6. The maximum atomic E-state index is 12.8. The van der Waals surface area contributed by atoms with Gasteiger partial charge in [0.2, 0.25) is 0 Å². The summed E-state index contributed by atoms with van der Waals surface area (Å²) in [6.07, 6.45) is 1.39. The largest absolute Gasteiger partial charge is 0.301 e. The first kappa shape index (κ1) is 17.1. The van der Waals surface area contributed by atoms with Crippen molar-refractivity contribution in [3.8, 4) is 5.69 Å². The van der Waals surface area contributed by atoms with Crippen LogP contribution in [-0.4, -0.2) is 30.2 Å².